The first-order valence-electron chi connectivity index (χ1n) is 7.53. The number of anilines is 1. The molecule has 1 N–H and O–H groups in total. The van der Waals surface area contributed by atoms with Gasteiger partial charge in [0.1, 0.15) is 17.3 Å². The molecular weight excluding hydrogens is 304 g/mol. The molecule has 120 valence electrons. The van der Waals surface area contributed by atoms with Gasteiger partial charge in [-0.3, -0.25) is 0 Å². The molecule has 0 radical (unpaired) electrons. The van der Waals surface area contributed by atoms with Gasteiger partial charge in [-0.25, -0.2) is 18.3 Å². The number of hydrogen-bond acceptors (Lipinski definition) is 3. The molecule has 0 unspecified atom stereocenters. The number of para-hydroxylation sites is 1. The first kappa shape index (κ1) is 14.1. The van der Waals surface area contributed by atoms with Gasteiger partial charge < -0.3 is 10.2 Å². The minimum absolute atomic E-state index is 0.0613. The molecule has 0 atom stereocenters. The van der Waals surface area contributed by atoms with E-state index in [4.69, 9.17) is 0 Å². The number of likely N-dealkylation sites (tertiary alicyclic amines) is 1. The lowest BCUT2D eigenvalue weighted by atomic mass is 10.1. The molecule has 1 aromatic carbocycles. The predicted molar refractivity (Wildman–Crippen MR) is 78.0 cm³/mol. The van der Waals surface area contributed by atoms with E-state index in [1.54, 1.807) is 4.68 Å². The molecule has 1 aliphatic heterocycles. The number of hydrogen-bond donors (Lipinski definition) is 1. The van der Waals surface area contributed by atoms with Gasteiger partial charge in [0, 0.05) is 25.2 Å². The molecule has 1 aromatic heterocycles. The highest BCUT2D eigenvalue weighted by Crippen LogP contribution is 2.39. The van der Waals surface area contributed by atoms with Crippen molar-refractivity contribution in [3.63, 3.8) is 0 Å². The molecule has 2 heterocycles. The van der Waals surface area contributed by atoms with Crippen molar-refractivity contribution in [3.8, 4) is 0 Å². The summed E-state index contributed by atoms with van der Waals surface area (Å²) >= 11 is 0. The standard InChI is InChI=1S/C15H15F2N5O/c16-11-2-1-3-12(17)14(11)18-15(23)21-6-10(7-21)22-8-13(19-20-22)9-4-5-9/h1-3,8-10H,4-7H2,(H,18,23). The van der Waals surface area contributed by atoms with E-state index in [1.807, 2.05) is 6.20 Å². The maximum absolute atomic E-state index is 13.5. The fourth-order valence-electron chi connectivity index (χ4n) is 2.63. The SMILES string of the molecule is O=C(Nc1c(F)cccc1F)N1CC(n2cc(C3CC3)nn2)C1. The van der Waals surface area contributed by atoms with E-state index < -0.39 is 23.4 Å². The van der Waals surface area contributed by atoms with Crippen molar-refractivity contribution in [3.05, 3.63) is 41.7 Å². The number of amides is 2. The van der Waals surface area contributed by atoms with Crippen LogP contribution in [0.25, 0.3) is 0 Å². The summed E-state index contributed by atoms with van der Waals surface area (Å²) in [5, 5.41) is 10.5. The van der Waals surface area contributed by atoms with Crippen molar-refractivity contribution in [2.45, 2.75) is 24.8 Å². The number of carbonyl (C=O) groups is 1. The van der Waals surface area contributed by atoms with Crippen LogP contribution in [0, 0.1) is 11.6 Å². The summed E-state index contributed by atoms with van der Waals surface area (Å²) in [7, 11) is 0. The largest absolute Gasteiger partial charge is 0.322 e. The maximum atomic E-state index is 13.5. The highest BCUT2D eigenvalue weighted by molar-refractivity contribution is 5.90. The van der Waals surface area contributed by atoms with Crippen LogP contribution in [0.5, 0.6) is 0 Å². The Bertz CT molecular complexity index is 732. The van der Waals surface area contributed by atoms with Gasteiger partial charge in [0.2, 0.25) is 0 Å². The molecule has 6 nitrogen and oxygen atoms in total. The average molecular weight is 319 g/mol. The second-order valence-corrected chi connectivity index (χ2v) is 5.98. The minimum Gasteiger partial charge on any atom is -0.320 e. The monoisotopic (exact) mass is 319 g/mol. The lowest BCUT2D eigenvalue weighted by Crippen LogP contribution is -2.52. The third kappa shape index (κ3) is 2.64. The highest BCUT2D eigenvalue weighted by Gasteiger charge is 2.34. The van der Waals surface area contributed by atoms with Crippen molar-refractivity contribution in [2.75, 3.05) is 18.4 Å². The van der Waals surface area contributed by atoms with Crippen molar-refractivity contribution < 1.29 is 13.6 Å². The summed E-state index contributed by atoms with van der Waals surface area (Å²) in [6.45, 7) is 0.880. The summed E-state index contributed by atoms with van der Waals surface area (Å²) in [5.74, 6) is -1.05. The smallest absolute Gasteiger partial charge is 0.320 e. The molecule has 2 aromatic rings. The number of nitrogens with zero attached hydrogens (tertiary/aromatic N) is 4. The Morgan fingerprint density at radius 3 is 2.57 bits per heavy atom. The van der Waals surface area contributed by atoms with Crippen molar-refractivity contribution in [1.29, 1.82) is 0 Å². The fraction of sp³-hybridized carbons (Fsp3) is 0.400. The van der Waals surface area contributed by atoms with Crippen LogP contribution in [-0.4, -0.2) is 39.0 Å². The van der Waals surface area contributed by atoms with Crippen molar-refractivity contribution >= 4 is 11.7 Å². The second kappa shape index (κ2) is 5.29. The summed E-state index contributed by atoms with van der Waals surface area (Å²) < 4.78 is 28.8. The number of urea groups is 1. The summed E-state index contributed by atoms with van der Waals surface area (Å²) in [4.78, 5) is 13.5. The van der Waals surface area contributed by atoms with Gasteiger partial charge in [0.15, 0.2) is 0 Å². The topological polar surface area (TPSA) is 63.1 Å². The van der Waals surface area contributed by atoms with Gasteiger partial charge in [-0.15, -0.1) is 5.10 Å². The molecule has 23 heavy (non-hydrogen) atoms. The zero-order valence-corrected chi connectivity index (χ0v) is 12.2. The average Bonchev–Trinajstić information content (AvgIpc) is 3.21. The fourth-order valence-corrected chi connectivity index (χ4v) is 2.63. The van der Waals surface area contributed by atoms with Crippen LogP contribution < -0.4 is 5.32 Å². The zero-order chi connectivity index (χ0) is 16.0. The van der Waals surface area contributed by atoms with E-state index >= 15 is 0 Å². The molecule has 0 bridgehead atoms. The number of halogens is 2. The Morgan fingerprint density at radius 1 is 1.22 bits per heavy atom. The number of rotatable bonds is 3. The minimum atomic E-state index is -0.791. The molecule has 1 saturated heterocycles. The summed E-state index contributed by atoms with van der Waals surface area (Å²) in [6.07, 6.45) is 4.24. The van der Waals surface area contributed by atoms with E-state index in [0.29, 0.717) is 19.0 Å². The lowest BCUT2D eigenvalue weighted by molar-refractivity contribution is 0.127. The van der Waals surface area contributed by atoms with Crippen LogP contribution in [0.15, 0.2) is 24.4 Å². The predicted octanol–water partition coefficient (Wildman–Crippen LogP) is 2.52. The quantitative estimate of drug-likeness (QED) is 0.945. The Morgan fingerprint density at radius 2 is 1.91 bits per heavy atom. The third-order valence-electron chi connectivity index (χ3n) is 4.24. The lowest BCUT2D eigenvalue weighted by Gasteiger charge is -2.38. The van der Waals surface area contributed by atoms with Crippen LogP contribution in [0.4, 0.5) is 19.3 Å². The number of carbonyl (C=O) groups excluding carboxylic acids is 1. The van der Waals surface area contributed by atoms with Gasteiger partial charge in [0.25, 0.3) is 0 Å². The van der Waals surface area contributed by atoms with Gasteiger partial charge in [-0.1, -0.05) is 11.3 Å². The summed E-state index contributed by atoms with van der Waals surface area (Å²) in [5.41, 5.74) is 0.582. The Labute approximate surface area is 131 Å². The van der Waals surface area contributed by atoms with Crippen molar-refractivity contribution in [1.82, 2.24) is 19.9 Å². The molecule has 2 aliphatic rings. The summed E-state index contributed by atoms with van der Waals surface area (Å²) in [6, 6.07) is 3.00. The van der Waals surface area contributed by atoms with Crippen LogP contribution in [0.2, 0.25) is 0 Å². The Kier molecular flexibility index (Phi) is 3.24. The van der Waals surface area contributed by atoms with E-state index in [0.717, 1.165) is 30.7 Å². The molecule has 4 rings (SSSR count). The molecule has 2 fully saturated rings. The van der Waals surface area contributed by atoms with E-state index in [9.17, 15) is 13.6 Å². The van der Waals surface area contributed by atoms with Crippen molar-refractivity contribution in [2.24, 2.45) is 0 Å². The van der Waals surface area contributed by atoms with Crippen LogP contribution in [-0.2, 0) is 0 Å². The number of nitrogens with one attached hydrogen (secondary N) is 1. The zero-order valence-electron chi connectivity index (χ0n) is 12.2. The molecular formula is C15H15F2N5O. The first-order valence-corrected chi connectivity index (χ1v) is 7.53. The highest BCUT2D eigenvalue weighted by atomic mass is 19.1. The molecule has 0 spiro atoms. The molecule has 1 saturated carbocycles. The van der Waals surface area contributed by atoms with Crippen LogP contribution >= 0.6 is 0 Å². The second-order valence-electron chi connectivity index (χ2n) is 5.98. The Balaban J connectivity index is 1.36. The Hall–Kier alpha value is -2.51. The maximum Gasteiger partial charge on any atom is 0.322 e. The van der Waals surface area contributed by atoms with E-state index in [2.05, 4.69) is 15.6 Å². The van der Waals surface area contributed by atoms with Gasteiger partial charge in [-0.2, -0.15) is 0 Å². The van der Waals surface area contributed by atoms with Gasteiger partial charge in [-0.05, 0) is 25.0 Å². The van der Waals surface area contributed by atoms with Crippen LogP contribution in [0.3, 0.4) is 0 Å². The molecule has 2 amide bonds. The van der Waals surface area contributed by atoms with Gasteiger partial charge >= 0.3 is 6.03 Å². The van der Waals surface area contributed by atoms with Crippen LogP contribution in [0.1, 0.15) is 30.5 Å². The normalized spacial score (nSPS) is 17.9. The molecule has 1 aliphatic carbocycles. The number of benzene rings is 1. The van der Waals surface area contributed by atoms with E-state index in [1.165, 1.54) is 11.0 Å². The van der Waals surface area contributed by atoms with Gasteiger partial charge in [0.05, 0.1) is 11.7 Å². The number of aromatic nitrogens is 3. The van der Waals surface area contributed by atoms with E-state index in [-0.39, 0.29) is 6.04 Å². The first-order chi connectivity index (χ1) is 11.1. The third-order valence-corrected chi connectivity index (χ3v) is 4.24. The molecule has 8 heteroatoms.